The molecule has 1 amide bonds. The molecule has 1 saturated heterocycles. The van der Waals surface area contributed by atoms with Gasteiger partial charge in [-0.25, -0.2) is 0 Å². The number of likely N-dealkylation sites (tertiary alicyclic amines) is 1. The maximum absolute atomic E-state index is 14.1. The first-order valence-electron chi connectivity index (χ1n) is 10.8. The molecule has 3 aromatic carbocycles. The van der Waals surface area contributed by atoms with Crippen LogP contribution in [-0.4, -0.2) is 30.4 Å². The van der Waals surface area contributed by atoms with Crippen LogP contribution in [-0.2, 0) is 21.5 Å². The maximum Gasteiger partial charge on any atom is 0.321 e. The topological polar surface area (TPSA) is 58.6 Å². The van der Waals surface area contributed by atoms with Crippen LogP contribution >= 0.6 is 23.2 Å². The molecule has 3 atom stereocenters. The van der Waals surface area contributed by atoms with Crippen LogP contribution in [0.25, 0.3) is 0 Å². The van der Waals surface area contributed by atoms with Gasteiger partial charge >= 0.3 is 5.97 Å². The molecule has 0 aromatic heterocycles. The van der Waals surface area contributed by atoms with E-state index in [0.717, 1.165) is 16.7 Å². The normalized spacial score (nSPS) is 28.0. The molecule has 0 radical (unpaired) electrons. The lowest BCUT2D eigenvalue weighted by atomic mass is 9.57. The van der Waals surface area contributed by atoms with Gasteiger partial charge < -0.3 is 10.1 Å². The number of nitrogens with one attached hydrogen (secondary N) is 1. The zero-order chi connectivity index (χ0) is 23.0. The van der Waals surface area contributed by atoms with Gasteiger partial charge in [0.05, 0.1) is 0 Å². The molecular formula is C26H20Cl2N2O3. The second-order valence-corrected chi connectivity index (χ2v) is 9.80. The quantitative estimate of drug-likeness (QED) is 0.394. The Morgan fingerprint density at radius 3 is 2.61 bits per heavy atom. The molecule has 3 aromatic rings. The Hall–Kier alpha value is -2.86. The summed E-state index contributed by atoms with van der Waals surface area (Å²) in [4.78, 5) is 30.0. The summed E-state index contributed by atoms with van der Waals surface area (Å²) in [7, 11) is 1.89. The fraction of sp³-hybridized carbons (Fsp3) is 0.231. The van der Waals surface area contributed by atoms with Crippen molar-refractivity contribution in [3.63, 3.8) is 0 Å². The number of para-hydroxylation sites is 2. The largest absolute Gasteiger partial charge is 0.426 e. The van der Waals surface area contributed by atoms with Crippen molar-refractivity contribution in [3.05, 3.63) is 93.5 Å². The number of esters is 1. The molecule has 1 fully saturated rings. The predicted molar refractivity (Wildman–Crippen MR) is 127 cm³/mol. The minimum absolute atomic E-state index is 0.227. The van der Waals surface area contributed by atoms with Crippen molar-refractivity contribution < 1.29 is 14.3 Å². The van der Waals surface area contributed by atoms with Gasteiger partial charge in [0.15, 0.2) is 0 Å². The van der Waals surface area contributed by atoms with E-state index in [1.807, 2.05) is 60.5 Å². The summed E-state index contributed by atoms with van der Waals surface area (Å²) in [6.07, 6.45) is 0.345. The molecular weight excluding hydrogens is 459 g/mol. The highest BCUT2D eigenvalue weighted by atomic mass is 35.5. The molecule has 33 heavy (non-hydrogen) atoms. The number of hydrogen-bond acceptors (Lipinski definition) is 4. The zero-order valence-electron chi connectivity index (χ0n) is 17.8. The van der Waals surface area contributed by atoms with Gasteiger partial charge in [0, 0.05) is 33.8 Å². The van der Waals surface area contributed by atoms with Gasteiger partial charge in [0.25, 0.3) is 5.91 Å². The van der Waals surface area contributed by atoms with Crippen LogP contribution in [0.3, 0.4) is 0 Å². The number of amides is 1. The van der Waals surface area contributed by atoms with E-state index in [-0.39, 0.29) is 5.91 Å². The molecule has 3 aliphatic rings. The summed E-state index contributed by atoms with van der Waals surface area (Å²) in [6, 6.07) is 20.4. The van der Waals surface area contributed by atoms with E-state index >= 15 is 0 Å². The molecule has 166 valence electrons. The SMILES string of the molecule is CN1C[C@@H](c2ccc(Cl)cc2Cl)[C@@]2(Cc3ccccc3OC2=O)[C@@]12C(=O)Nc1ccccc12. The number of likely N-dealkylation sites (N-methyl/N-ethyl adjacent to an activating group) is 1. The molecule has 1 N–H and O–H groups in total. The van der Waals surface area contributed by atoms with Crippen molar-refractivity contribution in [3.8, 4) is 5.75 Å². The molecule has 5 nitrogen and oxygen atoms in total. The first kappa shape index (κ1) is 20.7. The van der Waals surface area contributed by atoms with Gasteiger partial charge in [-0.05, 0) is 48.9 Å². The standard InChI is InChI=1S/C26H20Cl2N2O3/c1-30-14-19(17-11-10-16(27)12-20(17)28)25(13-15-6-2-5-9-22(15)33-24(25)32)26(30)18-7-3-4-8-21(18)29-23(26)31/h2-12,19H,13-14H2,1H3,(H,29,31)/t19-,25+,26+/m0/s1. The van der Waals surface area contributed by atoms with Gasteiger partial charge in [-0.15, -0.1) is 0 Å². The van der Waals surface area contributed by atoms with E-state index < -0.39 is 22.8 Å². The number of carbonyl (C=O) groups excluding carboxylic acids is 2. The predicted octanol–water partition coefficient (Wildman–Crippen LogP) is 5.02. The lowest BCUT2D eigenvalue weighted by Crippen LogP contribution is -2.61. The highest BCUT2D eigenvalue weighted by molar-refractivity contribution is 6.35. The minimum Gasteiger partial charge on any atom is -0.426 e. The third-order valence-corrected chi connectivity index (χ3v) is 8.07. The van der Waals surface area contributed by atoms with E-state index in [2.05, 4.69) is 5.32 Å². The highest BCUT2D eigenvalue weighted by Gasteiger charge is 2.75. The van der Waals surface area contributed by atoms with Crippen molar-refractivity contribution in [1.29, 1.82) is 0 Å². The summed E-state index contributed by atoms with van der Waals surface area (Å²) in [5.41, 5.74) is 0.675. The molecule has 7 heteroatoms. The van der Waals surface area contributed by atoms with E-state index in [0.29, 0.717) is 34.4 Å². The molecule has 3 heterocycles. The van der Waals surface area contributed by atoms with Gasteiger partial charge in [0.2, 0.25) is 0 Å². The van der Waals surface area contributed by atoms with Gasteiger partial charge in [-0.2, -0.15) is 0 Å². The third-order valence-electron chi connectivity index (χ3n) is 7.51. The fourth-order valence-electron chi connectivity index (χ4n) is 6.23. The zero-order valence-corrected chi connectivity index (χ0v) is 19.3. The van der Waals surface area contributed by atoms with Gasteiger partial charge in [-0.1, -0.05) is 65.7 Å². The Balaban J connectivity index is 1.68. The number of halogens is 2. The molecule has 0 bridgehead atoms. The molecule has 2 spiro atoms. The van der Waals surface area contributed by atoms with E-state index in [1.54, 1.807) is 18.2 Å². The van der Waals surface area contributed by atoms with Crippen LogP contribution in [0.15, 0.2) is 66.7 Å². The smallest absolute Gasteiger partial charge is 0.321 e. The van der Waals surface area contributed by atoms with Crippen LogP contribution in [0.4, 0.5) is 5.69 Å². The number of fused-ring (bicyclic) bond motifs is 4. The molecule has 0 aliphatic carbocycles. The number of ether oxygens (including phenoxy) is 1. The first-order valence-corrected chi connectivity index (χ1v) is 11.5. The summed E-state index contributed by atoms with van der Waals surface area (Å²) in [5.74, 6) is -0.515. The van der Waals surface area contributed by atoms with E-state index in [1.165, 1.54) is 0 Å². The van der Waals surface area contributed by atoms with Crippen LogP contribution < -0.4 is 10.1 Å². The Bertz CT molecular complexity index is 1340. The fourth-order valence-corrected chi connectivity index (χ4v) is 6.77. The second-order valence-electron chi connectivity index (χ2n) is 8.95. The Kier molecular flexibility index (Phi) is 4.44. The summed E-state index contributed by atoms with van der Waals surface area (Å²) in [6.45, 7) is 0.445. The number of rotatable bonds is 1. The van der Waals surface area contributed by atoms with E-state index in [4.69, 9.17) is 27.9 Å². The third kappa shape index (κ3) is 2.53. The number of hydrogen-bond donors (Lipinski definition) is 1. The molecule has 6 rings (SSSR count). The number of benzene rings is 3. The van der Waals surface area contributed by atoms with Crippen molar-refractivity contribution in [2.24, 2.45) is 5.41 Å². The van der Waals surface area contributed by atoms with Crippen molar-refractivity contribution in [2.75, 3.05) is 18.9 Å². The van der Waals surface area contributed by atoms with Crippen LogP contribution in [0.1, 0.15) is 22.6 Å². The number of nitrogens with zero attached hydrogens (tertiary/aromatic N) is 1. The average Bonchev–Trinajstić information content (AvgIpc) is 3.23. The summed E-state index contributed by atoms with van der Waals surface area (Å²) >= 11 is 12.9. The Labute approximate surface area is 201 Å². The second kappa shape index (κ2) is 7.07. The van der Waals surface area contributed by atoms with Crippen LogP contribution in [0.5, 0.6) is 5.75 Å². The Morgan fingerprint density at radius 2 is 1.79 bits per heavy atom. The lowest BCUT2D eigenvalue weighted by molar-refractivity contribution is -0.160. The summed E-state index contributed by atoms with van der Waals surface area (Å²) < 4.78 is 5.97. The highest BCUT2D eigenvalue weighted by Crippen LogP contribution is 2.65. The monoisotopic (exact) mass is 478 g/mol. The van der Waals surface area contributed by atoms with Crippen molar-refractivity contribution in [2.45, 2.75) is 17.9 Å². The Morgan fingerprint density at radius 1 is 1.03 bits per heavy atom. The van der Waals surface area contributed by atoms with Gasteiger partial charge in [-0.3, -0.25) is 14.5 Å². The van der Waals surface area contributed by atoms with Gasteiger partial charge in [0.1, 0.15) is 16.7 Å². The minimum atomic E-state index is -1.25. The summed E-state index contributed by atoms with van der Waals surface area (Å²) in [5, 5.41) is 4.01. The van der Waals surface area contributed by atoms with Crippen LogP contribution in [0, 0.1) is 5.41 Å². The number of carbonyl (C=O) groups is 2. The van der Waals surface area contributed by atoms with Crippen molar-refractivity contribution in [1.82, 2.24) is 4.90 Å². The molecule has 0 saturated carbocycles. The van der Waals surface area contributed by atoms with Crippen molar-refractivity contribution >= 4 is 40.8 Å². The lowest BCUT2D eigenvalue weighted by Gasteiger charge is -2.47. The average molecular weight is 479 g/mol. The first-order chi connectivity index (χ1) is 15.9. The molecule has 3 aliphatic heterocycles. The van der Waals surface area contributed by atoms with E-state index in [9.17, 15) is 9.59 Å². The molecule has 0 unspecified atom stereocenters. The number of anilines is 1. The maximum atomic E-state index is 14.1. The van der Waals surface area contributed by atoms with Crippen LogP contribution in [0.2, 0.25) is 10.0 Å².